The normalized spacial score (nSPS) is 26.8. The smallest absolute Gasteiger partial charge is 0.230 e. The third-order valence-corrected chi connectivity index (χ3v) is 3.85. The summed E-state index contributed by atoms with van der Waals surface area (Å²) in [5, 5.41) is 4.11. The van der Waals surface area contributed by atoms with E-state index in [4.69, 9.17) is 5.73 Å². The van der Waals surface area contributed by atoms with Crippen molar-refractivity contribution >= 4 is 5.91 Å². The first-order valence-electron chi connectivity index (χ1n) is 6.40. The van der Waals surface area contributed by atoms with E-state index in [9.17, 15) is 4.79 Å². The predicted molar refractivity (Wildman–Crippen MR) is 69.6 cm³/mol. The van der Waals surface area contributed by atoms with Crippen molar-refractivity contribution in [2.24, 2.45) is 24.1 Å². The van der Waals surface area contributed by atoms with Crippen molar-refractivity contribution in [1.29, 1.82) is 0 Å². The number of hydrogen-bond donors (Lipinski definition) is 1. The largest absolute Gasteiger partial charge is 0.341 e. The molecule has 1 aromatic heterocycles. The maximum atomic E-state index is 12.5. The van der Waals surface area contributed by atoms with Crippen LogP contribution in [0.4, 0.5) is 0 Å². The van der Waals surface area contributed by atoms with Crippen LogP contribution in [-0.2, 0) is 18.4 Å². The van der Waals surface area contributed by atoms with Gasteiger partial charge in [-0.1, -0.05) is 6.92 Å². The number of hydrogen-bond acceptors (Lipinski definition) is 3. The molecule has 0 radical (unpaired) electrons. The van der Waals surface area contributed by atoms with Crippen molar-refractivity contribution in [3.8, 4) is 0 Å². The van der Waals surface area contributed by atoms with E-state index in [0.717, 1.165) is 18.4 Å². The second-order valence-electron chi connectivity index (χ2n) is 5.68. The molecule has 2 N–H and O–H groups in total. The van der Waals surface area contributed by atoms with E-state index in [1.165, 1.54) is 0 Å². The highest BCUT2D eigenvalue weighted by Crippen LogP contribution is 2.45. The molecule has 1 saturated carbocycles. The first-order chi connectivity index (χ1) is 8.47. The van der Waals surface area contributed by atoms with Crippen molar-refractivity contribution in [2.75, 3.05) is 13.6 Å². The first-order valence-corrected chi connectivity index (χ1v) is 6.40. The lowest BCUT2D eigenvalue weighted by atomic mass is 9.62. The van der Waals surface area contributed by atoms with Crippen LogP contribution < -0.4 is 5.73 Å². The summed E-state index contributed by atoms with van der Waals surface area (Å²) in [4.78, 5) is 14.2. The van der Waals surface area contributed by atoms with Crippen LogP contribution in [0.25, 0.3) is 0 Å². The van der Waals surface area contributed by atoms with Crippen molar-refractivity contribution in [3.05, 3.63) is 18.0 Å². The van der Waals surface area contributed by atoms with Crippen LogP contribution >= 0.6 is 0 Å². The van der Waals surface area contributed by atoms with Gasteiger partial charge in [-0.3, -0.25) is 9.48 Å². The lowest BCUT2D eigenvalue weighted by Gasteiger charge is -2.46. The monoisotopic (exact) mass is 250 g/mol. The number of carbonyl (C=O) groups is 1. The quantitative estimate of drug-likeness (QED) is 0.857. The van der Waals surface area contributed by atoms with Crippen LogP contribution in [0.3, 0.4) is 0 Å². The van der Waals surface area contributed by atoms with Gasteiger partial charge in [-0.05, 0) is 18.8 Å². The van der Waals surface area contributed by atoms with E-state index in [-0.39, 0.29) is 11.3 Å². The number of aryl methyl sites for hydroxylation is 1. The van der Waals surface area contributed by atoms with E-state index < -0.39 is 0 Å². The van der Waals surface area contributed by atoms with Crippen molar-refractivity contribution in [3.63, 3.8) is 0 Å². The molecule has 1 amide bonds. The fraction of sp³-hybridized carbons (Fsp3) is 0.692. The Morgan fingerprint density at radius 2 is 2.33 bits per heavy atom. The Morgan fingerprint density at radius 1 is 1.67 bits per heavy atom. The van der Waals surface area contributed by atoms with Gasteiger partial charge in [0.25, 0.3) is 0 Å². The maximum absolute atomic E-state index is 12.5. The van der Waals surface area contributed by atoms with Gasteiger partial charge in [0, 0.05) is 38.9 Å². The molecule has 5 nitrogen and oxygen atoms in total. The van der Waals surface area contributed by atoms with Crippen molar-refractivity contribution in [1.82, 2.24) is 14.7 Å². The number of aromatic nitrogens is 2. The van der Waals surface area contributed by atoms with E-state index in [2.05, 4.69) is 12.0 Å². The molecule has 0 unspecified atom stereocenters. The first kappa shape index (κ1) is 13.1. The Labute approximate surface area is 108 Å². The Hall–Kier alpha value is -1.36. The summed E-state index contributed by atoms with van der Waals surface area (Å²) in [5.74, 6) is 0.788. The van der Waals surface area contributed by atoms with Crippen LogP contribution in [0.5, 0.6) is 0 Å². The predicted octanol–water partition coefficient (Wildman–Crippen LogP) is 0.754. The Bertz CT molecular complexity index is 434. The van der Waals surface area contributed by atoms with E-state index in [1.54, 1.807) is 15.8 Å². The molecule has 1 heterocycles. The van der Waals surface area contributed by atoms with Crippen LogP contribution in [0.1, 0.15) is 25.3 Å². The minimum absolute atomic E-state index is 0.173. The third kappa shape index (κ3) is 2.27. The third-order valence-electron chi connectivity index (χ3n) is 3.85. The highest BCUT2D eigenvalue weighted by Gasteiger charge is 2.48. The molecule has 1 fully saturated rings. The molecule has 2 rings (SSSR count). The molecule has 5 heteroatoms. The summed E-state index contributed by atoms with van der Waals surface area (Å²) in [7, 11) is 3.72. The van der Waals surface area contributed by atoms with Gasteiger partial charge in [-0.15, -0.1) is 0 Å². The molecule has 1 aromatic rings. The molecule has 0 aromatic carbocycles. The molecule has 100 valence electrons. The summed E-state index contributed by atoms with van der Waals surface area (Å²) in [6.07, 6.45) is 5.56. The van der Waals surface area contributed by atoms with Crippen LogP contribution in [-0.4, -0.2) is 34.2 Å². The molecule has 18 heavy (non-hydrogen) atoms. The van der Waals surface area contributed by atoms with Gasteiger partial charge in [-0.25, -0.2) is 0 Å². The lowest BCUT2D eigenvalue weighted by molar-refractivity contribution is -0.148. The van der Waals surface area contributed by atoms with Crippen LogP contribution in [0.15, 0.2) is 12.4 Å². The molecule has 0 atom stereocenters. The van der Waals surface area contributed by atoms with Gasteiger partial charge in [0.05, 0.1) is 11.6 Å². The fourth-order valence-corrected chi connectivity index (χ4v) is 3.01. The number of nitrogens with two attached hydrogens (primary N) is 1. The van der Waals surface area contributed by atoms with E-state index in [1.807, 2.05) is 20.3 Å². The zero-order valence-corrected chi connectivity index (χ0v) is 11.4. The SMILES string of the molecule is CC1CC(CN)(C(=O)N(C)Cc2cnn(C)c2)C1. The summed E-state index contributed by atoms with van der Waals surface area (Å²) < 4.78 is 1.75. The standard InChI is InChI=1S/C13H22N4O/c1-10-4-13(5-10,9-14)12(18)16(2)7-11-6-15-17(3)8-11/h6,8,10H,4-5,7,9,14H2,1-3H3. The molecule has 0 spiro atoms. The fourth-order valence-electron chi connectivity index (χ4n) is 3.01. The second-order valence-corrected chi connectivity index (χ2v) is 5.68. The molecule has 0 bridgehead atoms. The average Bonchev–Trinajstić information content (AvgIpc) is 2.69. The van der Waals surface area contributed by atoms with E-state index in [0.29, 0.717) is 19.0 Å². The zero-order valence-electron chi connectivity index (χ0n) is 11.4. The van der Waals surface area contributed by atoms with E-state index >= 15 is 0 Å². The van der Waals surface area contributed by atoms with Gasteiger partial charge >= 0.3 is 0 Å². The highest BCUT2D eigenvalue weighted by atomic mass is 16.2. The maximum Gasteiger partial charge on any atom is 0.230 e. The van der Waals surface area contributed by atoms with Crippen LogP contribution in [0.2, 0.25) is 0 Å². The van der Waals surface area contributed by atoms with Crippen molar-refractivity contribution in [2.45, 2.75) is 26.3 Å². The minimum atomic E-state index is -0.309. The molecular weight excluding hydrogens is 228 g/mol. The molecule has 0 saturated heterocycles. The Balaban J connectivity index is 2.00. The summed E-state index contributed by atoms with van der Waals surface area (Å²) in [6, 6.07) is 0. The average molecular weight is 250 g/mol. The summed E-state index contributed by atoms with van der Waals surface area (Å²) in [6.45, 7) is 3.22. The van der Waals surface area contributed by atoms with Gasteiger partial charge < -0.3 is 10.6 Å². The number of rotatable bonds is 4. The summed E-state index contributed by atoms with van der Waals surface area (Å²) in [5.41, 5.74) is 6.54. The number of amides is 1. The molecular formula is C13H22N4O. The van der Waals surface area contributed by atoms with Crippen LogP contribution in [0, 0.1) is 11.3 Å². The number of carbonyl (C=O) groups excluding carboxylic acids is 1. The minimum Gasteiger partial charge on any atom is -0.341 e. The second kappa shape index (κ2) is 4.72. The Kier molecular flexibility index (Phi) is 3.43. The molecule has 1 aliphatic rings. The highest BCUT2D eigenvalue weighted by molar-refractivity contribution is 5.83. The van der Waals surface area contributed by atoms with Gasteiger partial charge in [0.15, 0.2) is 0 Å². The molecule has 0 aliphatic heterocycles. The lowest BCUT2D eigenvalue weighted by Crippen LogP contribution is -2.53. The number of nitrogens with zero attached hydrogens (tertiary/aromatic N) is 3. The Morgan fingerprint density at radius 3 is 2.78 bits per heavy atom. The van der Waals surface area contributed by atoms with Gasteiger partial charge in [-0.2, -0.15) is 5.10 Å². The summed E-state index contributed by atoms with van der Waals surface area (Å²) >= 11 is 0. The van der Waals surface area contributed by atoms with Crippen molar-refractivity contribution < 1.29 is 4.79 Å². The zero-order chi connectivity index (χ0) is 13.3. The topological polar surface area (TPSA) is 64.2 Å². The van der Waals surface area contributed by atoms with Gasteiger partial charge in [0.2, 0.25) is 5.91 Å². The molecule has 1 aliphatic carbocycles. The van der Waals surface area contributed by atoms with Gasteiger partial charge in [0.1, 0.15) is 0 Å².